The Morgan fingerprint density at radius 1 is 1.35 bits per heavy atom. The molecule has 2 heteroatoms. The van der Waals surface area contributed by atoms with E-state index < -0.39 is 0 Å². The van der Waals surface area contributed by atoms with Crippen molar-refractivity contribution < 1.29 is 4.74 Å². The molecule has 1 aromatic carbocycles. The fourth-order valence-electron chi connectivity index (χ4n) is 1.82. The van der Waals surface area contributed by atoms with Gasteiger partial charge in [-0.05, 0) is 44.0 Å². The molecular weight excluding hydrogens is 210 g/mol. The van der Waals surface area contributed by atoms with Gasteiger partial charge in [0.25, 0.3) is 0 Å². The molecule has 0 aliphatic rings. The van der Waals surface area contributed by atoms with E-state index in [2.05, 4.69) is 31.0 Å². The molecule has 1 unspecified atom stereocenters. The van der Waals surface area contributed by atoms with Gasteiger partial charge in [-0.3, -0.25) is 0 Å². The quantitative estimate of drug-likeness (QED) is 0.546. The fraction of sp³-hybridized carbons (Fsp3) is 0.467. The molecule has 0 bridgehead atoms. The Hall–Kier alpha value is -1.28. The number of benzene rings is 1. The number of allylic oxidation sites excluding steroid dienone is 1. The third-order valence-corrected chi connectivity index (χ3v) is 2.86. The van der Waals surface area contributed by atoms with E-state index >= 15 is 0 Å². The second-order valence-corrected chi connectivity index (χ2v) is 4.10. The van der Waals surface area contributed by atoms with Crippen molar-refractivity contribution in [2.75, 3.05) is 13.7 Å². The van der Waals surface area contributed by atoms with Crippen LogP contribution >= 0.6 is 0 Å². The Morgan fingerprint density at radius 2 is 2.06 bits per heavy atom. The van der Waals surface area contributed by atoms with Crippen molar-refractivity contribution in [3.05, 3.63) is 42.5 Å². The van der Waals surface area contributed by atoms with Gasteiger partial charge in [0.05, 0.1) is 6.61 Å². The SMILES string of the molecule is C=CCCCOc1ccc(C(CC)NC)cc1. The van der Waals surface area contributed by atoms with Crippen LogP contribution in [0.3, 0.4) is 0 Å². The lowest BCUT2D eigenvalue weighted by Crippen LogP contribution is -2.14. The second kappa shape index (κ2) is 7.91. The van der Waals surface area contributed by atoms with Crippen LogP contribution in [0.4, 0.5) is 0 Å². The largest absolute Gasteiger partial charge is 0.494 e. The van der Waals surface area contributed by atoms with Crippen molar-refractivity contribution in [2.24, 2.45) is 0 Å². The van der Waals surface area contributed by atoms with Crippen LogP contribution in [0.1, 0.15) is 37.8 Å². The minimum absolute atomic E-state index is 0.435. The van der Waals surface area contributed by atoms with Gasteiger partial charge in [-0.25, -0.2) is 0 Å². The van der Waals surface area contributed by atoms with Gasteiger partial charge in [0.2, 0.25) is 0 Å². The number of hydrogen-bond acceptors (Lipinski definition) is 2. The highest BCUT2D eigenvalue weighted by Gasteiger charge is 2.05. The molecule has 1 atom stereocenters. The van der Waals surface area contributed by atoms with E-state index in [1.807, 2.05) is 25.3 Å². The van der Waals surface area contributed by atoms with E-state index in [4.69, 9.17) is 4.74 Å². The lowest BCUT2D eigenvalue weighted by atomic mass is 10.1. The lowest BCUT2D eigenvalue weighted by molar-refractivity contribution is 0.312. The number of ether oxygens (including phenoxy) is 1. The van der Waals surface area contributed by atoms with Crippen molar-refractivity contribution in [3.8, 4) is 5.75 Å². The predicted octanol–water partition coefficient (Wildman–Crippen LogP) is 3.70. The maximum Gasteiger partial charge on any atom is 0.119 e. The minimum atomic E-state index is 0.435. The molecule has 0 radical (unpaired) electrons. The molecule has 1 aromatic rings. The topological polar surface area (TPSA) is 21.3 Å². The Morgan fingerprint density at radius 3 is 2.59 bits per heavy atom. The first-order valence-corrected chi connectivity index (χ1v) is 6.32. The summed E-state index contributed by atoms with van der Waals surface area (Å²) < 4.78 is 5.64. The molecule has 1 rings (SSSR count). The third-order valence-electron chi connectivity index (χ3n) is 2.86. The van der Waals surface area contributed by atoms with Gasteiger partial charge in [0.15, 0.2) is 0 Å². The molecule has 0 aliphatic heterocycles. The van der Waals surface area contributed by atoms with Gasteiger partial charge in [0.1, 0.15) is 5.75 Å². The van der Waals surface area contributed by atoms with Gasteiger partial charge in [0, 0.05) is 6.04 Å². The van der Waals surface area contributed by atoms with Crippen LogP contribution in [0, 0.1) is 0 Å². The fourth-order valence-corrected chi connectivity index (χ4v) is 1.82. The van der Waals surface area contributed by atoms with E-state index in [9.17, 15) is 0 Å². The summed E-state index contributed by atoms with van der Waals surface area (Å²) in [6, 6.07) is 8.79. The maximum absolute atomic E-state index is 5.64. The van der Waals surface area contributed by atoms with E-state index in [1.54, 1.807) is 0 Å². The monoisotopic (exact) mass is 233 g/mol. The Balaban J connectivity index is 2.46. The van der Waals surface area contributed by atoms with E-state index in [1.165, 1.54) is 5.56 Å². The molecule has 0 saturated heterocycles. The molecular formula is C15H23NO. The van der Waals surface area contributed by atoms with Gasteiger partial charge < -0.3 is 10.1 Å². The second-order valence-electron chi connectivity index (χ2n) is 4.10. The van der Waals surface area contributed by atoms with Crippen LogP contribution in [-0.4, -0.2) is 13.7 Å². The molecule has 0 aromatic heterocycles. The normalized spacial score (nSPS) is 12.1. The summed E-state index contributed by atoms with van der Waals surface area (Å²) in [6.07, 6.45) is 5.05. The smallest absolute Gasteiger partial charge is 0.119 e. The van der Waals surface area contributed by atoms with Crippen LogP contribution in [0.2, 0.25) is 0 Å². The summed E-state index contributed by atoms with van der Waals surface area (Å²) in [5.74, 6) is 0.948. The first-order chi connectivity index (χ1) is 8.31. The highest BCUT2D eigenvalue weighted by molar-refractivity contribution is 5.29. The molecule has 0 fully saturated rings. The molecule has 0 saturated carbocycles. The molecule has 2 nitrogen and oxygen atoms in total. The first kappa shape index (κ1) is 13.8. The lowest BCUT2D eigenvalue weighted by Gasteiger charge is -2.14. The molecule has 17 heavy (non-hydrogen) atoms. The van der Waals surface area contributed by atoms with Crippen LogP contribution < -0.4 is 10.1 Å². The Bertz CT molecular complexity index is 314. The van der Waals surface area contributed by atoms with Crippen molar-refractivity contribution in [1.82, 2.24) is 5.32 Å². The Kier molecular flexibility index (Phi) is 6.41. The van der Waals surface area contributed by atoms with Crippen LogP contribution in [-0.2, 0) is 0 Å². The summed E-state index contributed by atoms with van der Waals surface area (Å²) in [5, 5.41) is 3.30. The highest BCUT2D eigenvalue weighted by Crippen LogP contribution is 2.19. The summed E-state index contributed by atoms with van der Waals surface area (Å²) in [4.78, 5) is 0. The van der Waals surface area contributed by atoms with Gasteiger partial charge in [-0.2, -0.15) is 0 Å². The van der Waals surface area contributed by atoms with Crippen LogP contribution in [0.25, 0.3) is 0 Å². The van der Waals surface area contributed by atoms with Crippen molar-refractivity contribution in [3.63, 3.8) is 0 Å². The van der Waals surface area contributed by atoms with Crippen molar-refractivity contribution in [1.29, 1.82) is 0 Å². The zero-order valence-electron chi connectivity index (χ0n) is 10.9. The highest BCUT2D eigenvalue weighted by atomic mass is 16.5. The summed E-state index contributed by atoms with van der Waals surface area (Å²) >= 11 is 0. The van der Waals surface area contributed by atoms with Gasteiger partial charge in [-0.15, -0.1) is 6.58 Å². The standard InChI is InChI=1S/C15H23NO/c1-4-6-7-12-17-14-10-8-13(9-11-14)15(5-2)16-3/h4,8-11,15-16H,1,5-7,12H2,2-3H3. The van der Waals surface area contributed by atoms with Gasteiger partial charge >= 0.3 is 0 Å². The minimum Gasteiger partial charge on any atom is -0.494 e. The molecule has 0 heterocycles. The predicted molar refractivity (Wildman–Crippen MR) is 73.5 cm³/mol. The van der Waals surface area contributed by atoms with Crippen LogP contribution in [0.5, 0.6) is 5.75 Å². The Labute approximate surface area is 105 Å². The summed E-state index contributed by atoms with van der Waals surface area (Å²) in [5.41, 5.74) is 1.31. The number of hydrogen-bond donors (Lipinski definition) is 1. The molecule has 1 N–H and O–H groups in total. The molecule has 0 spiro atoms. The van der Waals surface area contributed by atoms with E-state index in [0.29, 0.717) is 6.04 Å². The van der Waals surface area contributed by atoms with E-state index in [0.717, 1.165) is 31.6 Å². The number of rotatable bonds is 8. The first-order valence-electron chi connectivity index (χ1n) is 6.32. The average Bonchev–Trinajstić information content (AvgIpc) is 2.38. The van der Waals surface area contributed by atoms with Gasteiger partial charge in [-0.1, -0.05) is 25.1 Å². The van der Waals surface area contributed by atoms with E-state index in [-0.39, 0.29) is 0 Å². The number of nitrogens with one attached hydrogen (secondary N) is 1. The summed E-state index contributed by atoms with van der Waals surface area (Å²) in [7, 11) is 1.99. The maximum atomic E-state index is 5.64. The summed E-state index contributed by atoms with van der Waals surface area (Å²) in [6.45, 7) is 6.63. The third kappa shape index (κ3) is 4.61. The number of unbranched alkanes of at least 4 members (excludes halogenated alkanes) is 1. The molecule has 94 valence electrons. The average molecular weight is 233 g/mol. The van der Waals surface area contributed by atoms with Crippen molar-refractivity contribution in [2.45, 2.75) is 32.2 Å². The molecule has 0 aliphatic carbocycles. The molecule has 0 amide bonds. The zero-order valence-corrected chi connectivity index (χ0v) is 10.9. The van der Waals surface area contributed by atoms with Crippen LogP contribution in [0.15, 0.2) is 36.9 Å². The van der Waals surface area contributed by atoms with Crippen molar-refractivity contribution >= 4 is 0 Å². The zero-order chi connectivity index (χ0) is 12.5.